The number of rotatable bonds is 4. The Morgan fingerprint density at radius 3 is 3.04 bits per heavy atom. The second-order valence-corrected chi connectivity index (χ2v) is 5.78. The van der Waals surface area contributed by atoms with E-state index >= 15 is 0 Å². The minimum atomic E-state index is -0.191. The van der Waals surface area contributed by atoms with Crippen LogP contribution in [0.5, 0.6) is 11.5 Å². The molecule has 2 aromatic rings. The van der Waals surface area contributed by atoms with Gasteiger partial charge in [0, 0.05) is 7.05 Å². The predicted octanol–water partition coefficient (Wildman–Crippen LogP) is 1.60. The second kappa shape index (κ2) is 6.32. The fourth-order valence-corrected chi connectivity index (χ4v) is 2.87. The van der Waals surface area contributed by atoms with Gasteiger partial charge in [-0.25, -0.2) is 0 Å². The maximum atomic E-state index is 12.4. The highest BCUT2D eigenvalue weighted by atomic mass is 16.5. The topological polar surface area (TPSA) is 65.4 Å². The van der Waals surface area contributed by atoms with Crippen molar-refractivity contribution in [3.8, 4) is 11.5 Å². The quantitative estimate of drug-likeness (QED) is 0.931. The second-order valence-electron chi connectivity index (χ2n) is 5.78. The maximum Gasteiger partial charge on any atom is 0.227 e. The molecule has 0 radical (unpaired) electrons. The summed E-state index contributed by atoms with van der Waals surface area (Å²) in [6.07, 6.45) is 0.656. The van der Waals surface area contributed by atoms with Crippen LogP contribution in [-0.4, -0.2) is 29.4 Å². The number of carbonyl (C=O) groups is 1. The molecule has 1 aromatic heterocycles. The number of hydrogen-bond acceptors (Lipinski definition) is 4. The molecular weight excluding hydrogens is 294 g/mol. The molecular formula is C17H21N3O3. The lowest BCUT2D eigenvalue weighted by molar-refractivity contribution is -0.126. The Hall–Kier alpha value is -2.50. The van der Waals surface area contributed by atoms with Gasteiger partial charge >= 0.3 is 0 Å². The van der Waals surface area contributed by atoms with Crippen LogP contribution in [0.25, 0.3) is 0 Å². The third-order valence-electron chi connectivity index (χ3n) is 4.09. The number of ether oxygens (including phenoxy) is 2. The lowest BCUT2D eigenvalue weighted by Gasteiger charge is -2.25. The molecule has 0 fully saturated rings. The lowest BCUT2D eigenvalue weighted by Crippen LogP contribution is -2.37. The molecule has 0 bridgehead atoms. The SMILES string of the molecule is COc1cccc2c1OCC(C(=O)NCc1cc(C)nn1C)C2. The minimum absolute atomic E-state index is 0.00248. The van der Waals surface area contributed by atoms with Gasteiger partial charge < -0.3 is 14.8 Å². The molecule has 1 aliphatic heterocycles. The zero-order valence-corrected chi connectivity index (χ0v) is 13.6. The number of carbonyl (C=O) groups excluding carboxylic acids is 1. The fourth-order valence-electron chi connectivity index (χ4n) is 2.87. The first-order valence-corrected chi connectivity index (χ1v) is 7.64. The van der Waals surface area contributed by atoms with Crippen LogP contribution in [0.3, 0.4) is 0 Å². The third-order valence-corrected chi connectivity index (χ3v) is 4.09. The molecule has 1 aliphatic rings. The summed E-state index contributed by atoms with van der Waals surface area (Å²) in [6, 6.07) is 7.73. The number of methoxy groups -OCH3 is 1. The van der Waals surface area contributed by atoms with Gasteiger partial charge in [0.05, 0.1) is 31.0 Å². The van der Waals surface area contributed by atoms with Gasteiger partial charge in [-0.3, -0.25) is 9.48 Å². The van der Waals surface area contributed by atoms with Crippen LogP contribution in [-0.2, 0) is 24.8 Å². The molecule has 1 unspecified atom stereocenters. The van der Waals surface area contributed by atoms with E-state index in [0.29, 0.717) is 25.3 Å². The molecule has 6 heteroatoms. The number of hydrogen-bond donors (Lipinski definition) is 1. The molecule has 1 aromatic carbocycles. The average Bonchev–Trinajstić information content (AvgIpc) is 2.89. The number of benzene rings is 1. The molecule has 2 heterocycles. The number of para-hydroxylation sites is 1. The van der Waals surface area contributed by atoms with Gasteiger partial charge in [-0.15, -0.1) is 0 Å². The van der Waals surface area contributed by atoms with Gasteiger partial charge in [0.25, 0.3) is 0 Å². The standard InChI is InChI=1S/C17H21N3O3/c1-11-7-14(20(2)19-11)9-18-17(21)13-8-12-5-4-6-15(22-3)16(12)23-10-13/h4-7,13H,8-10H2,1-3H3,(H,18,21). The van der Waals surface area contributed by atoms with E-state index in [1.807, 2.05) is 38.2 Å². The van der Waals surface area contributed by atoms with Crippen LogP contribution in [0.15, 0.2) is 24.3 Å². The summed E-state index contributed by atoms with van der Waals surface area (Å²) in [5.41, 5.74) is 2.93. The Morgan fingerprint density at radius 2 is 2.35 bits per heavy atom. The highest BCUT2D eigenvalue weighted by Crippen LogP contribution is 2.36. The fraction of sp³-hybridized carbons (Fsp3) is 0.412. The summed E-state index contributed by atoms with van der Waals surface area (Å²) >= 11 is 0. The van der Waals surface area contributed by atoms with E-state index in [-0.39, 0.29) is 11.8 Å². The van der Waals surface area contributed by atoms with Crippen LogP contribution >= 0.6 is 0 Å². The largest absolute Gasteiger partial charge is 0.493 e. The first kappa shape index (κ1) is 15.4. The Bertz CT molecular complexity index is 724. The molecule has 23 heavy (non-hydrogen) atoms. The maximum absolute atomic E-state index is 12.4. The Labute approximate surface area is 135 Å². The Morgan fingerprint density at radius 1 is 1.52 bits per heavy atom. The Balaban J connectivity index is 1.64. The van der Waals surface area contributed by atoms with Crippen LogP contribution in [0.2, 0.25) is 0 Å². The van der Waals surface area contributed by atoms with E-state index in [2.05, 4.69) is 10.4 Å². The van der Waals surface area contributed by atoms with Gasteiger partial charge in [0.1, 0.15) is 6.61 Å². The van der Waals surface area contributed by atoms with E-state index in [4.69, 9.17) is 9.47 Å². The molecule has 3 rings (SSSR count). The van der Waals surface area contributed by atoms with Gasteiger partial charge in [0.15, 0.2) is 11.5 Å². The van der Waals surface area contributed by atoms with Crippen molar-refractivity contribution in [1.82, 2.24) is 15.1 Å². The minimum Gasteiger partial charge on any atom is -0.493 e. The molecule has 6 nitrogen and oxygen atoms in total. The summed E-state index contributed by atoms with van der Waals surface area (Å²) < 4.78 is 12.8. The summed E-state index contributed by atoms with van der Waals surface area (Å²) in [4.78, 5) is 12.4. The molecule has 0 spiro atoms. The van der Waals surface area contributed by atoms with Crippen LogP contribution < -0.4 is 14.8 Å². The monoisotopic (exact) mass is 315 g/mol. The lowest BCUT2D eigenvalue weighted by atomic mass is 9.95. The molecule has 1 amide bonds. The summed E-state index contributed by atoms with van der Waals surface area (Å²) in [7, 11) is 3.49. The third kappa shape index (κ3) is 3.16. The molecule has 1 atom stereocenters. The van der Waals surface area contributed by atoms with Crippen molar-refractivity contribution >= 4 is 5.91 Å². The van der Waals surface area contributed by atoms with Crippen molar-refractivity contribution in [3.63, 3.8) is 0 Å². The number of aryl methyl sites for hydroxylation is 2. The molecule has 0 aliphatic carbocycles. The smallest absolute Gasteiger partial charge is 0.227 e. The van der Waals surface area contributed by atoms with E-state index in [1.54, 1.807) is 11.8 Å². The van der Waals surface area contributed by atoms with Crippen molar-refractivity contribution in [2.45, 2.75) is 19.9 Å². The summed E-state index contributed by atoms with van der Waals surface area (Å²) in [5.74, 6) is 1.27. The molecule has 122 valence electrons. The number of nitrogens with one attached hydrogen (secondary N) is 1. The van der Waals surface area contributed by atoms with E-state index < -0.39 is 0 Å². The van der Waals surface area contributed by atoms with E-state index in [9.17, 15) is 4.79 Å². The van der Waals surface area contributed by atoms with Crippen molar-refractivity contribution in [2.24, 2.45) is 13.0 Å². The van der Waals surface area contributed by atoms with Gasteiger partial charge in [-0.05, 0) is 31.0 Å². The van der Waals surface area contributed by atoms with Crippen LogP contribution in [0.1, 0.15) is 17.0 Å². The van der Waals surface area contributed by atoms with E-state index in [1.165, 1.54) is 0 Å². The predicted molar refractivity (Wildman–Crippen MR) is 85.5 cm³/mol. The Kier molecular flexibility index (Phi) is 4.23. The van der Waals surface area contributed by atoms with Gasteiger partial charge in [-0.1, -0.05) is 12.1 Å². The number of amides is 1. The first-order valence-electron chi connectivity index (χ1n) is 7.64. The number of nitrogens with zero attached hydrogens (tertiary/aromatic N) is 2. The number of aromatic nitrogens is 2. The van der Waals surface area contributed by atoms with Crippen LogP contribution in [0, 0.1) is 12.8 Å². The highest BCUT2D eigenvalue weighted by molar-refractivity contribution is 5.79. The highest BCUT2D eigenvalue weighted by Gasteiger charge is 2.27. The zero-order chi connectivity index (χ0) is 16.4. The first-order chi connectivity index (χ1) is 11.1. The summed E-state index contributed by atoms with van der Waals surface area (Å²) in [5, 5.41) is 7.25. The van der Waals surface area contributed by atoms with Crippen molar-refractivity contribution in [2.75, 3.05) is 13.7 Å². The number of fused-ring (bicyclic) bond motifs is 1. The van der Waals surface area contributed by atoms with Crippen LogP contribution in [0.4, 0.5) is 0 Å². The average molecular weight is 315 g/mol. The molecule has 0 saturated heterocycles. The van der Waals surface area contributed by atoms with Gasteiger partial charge in [0.2, 0.25) is 5.91 Å². The zero-order valence-electron chi connectivity index (χ0n) is 13.6. The normalized spacial score (nSPS) is 16.4. The van der Waals surface area contributed by atoms with E-state index in [0.717, 1.165) is 22.7 Å². The van der Waals surface area contributed by atoms with Crippen molar-refractivity contribution < 1.29 is 14.3 Å². The summed E-state index contributed by atoms with van der Waals surface area (Å²) in [6.45, 7) is 2.77. The molecule has 1 N–H and O–H groups in total. The van der Waals surface area contributed by atoms with Crippen molar-refractivity contribution in [1.29, 1.82) is 0 Å². The molecule has 0 saturated carbocycles. The van der Waals surface area contributed by atoms with Gasteiger partial charge in [-0.2, -0.15) is 5.10 Å². The van der Waals surface area contributed by atoms with Crippen molar-refractivity contribution in [3.05, 3.63) is 41.2 Å².